The van der Waals surface area contributed by atoms with Crippen LogP contribution in [0.2, 0.25) is 0 Å². The molecule has 1 saturated heterocycles. The van der Waals surface area contributed by atoms with E-state index in [-0.39, 0.29) is 23.3 Å². The summed E-state index contributed by atoms with van der Waals surface area (Å²) in [5.41, 5.74) is 2.09. The molecule has 0 spiro atoms. The number of piperidine rings is 1. The predicted octanol–water partition coefficient (Wildman–Crippen LogP) is 3.38. The summed E-state index contributed by atoms with van der Waals surface area (Å²) in [4.78, 5) is 25.3. The number of nitrogens with one attached hydrogen (secondary N) is 1. The highest BCUT2D eigenvalue weighted by molar-refractivity contribution is 5.81. The number of carbonyl (C=O) groups is 1. The van der Waals surface area contributed by atoms with Crippen molar-refractivity contribution in [2.75, 3.05) is 13.1 Å². The van der Waals surface area contributed by atoms with Gasteiger partial charge in [-0.15, -0.1) is 0 Å². The number of nitro benzene ring substituents is 1. The molecule has 3 aromatic rings. The van der Waals surface area contributed by atoms with Crippen molar-refractivity contribution < 1.29 is 14.1 Å². The van der Waals surface area contributed by atoms with Gasteiger partial charge in [0, 0.05) is 43.1 Å². The van der Waals surface area contributed by atoms with E-state index in [1.54, 1.807) is 29.9 Å². The van der Waals surface area contributed by atoms with Gasteiger partial charge in [0.1, 0.15) is 5.82 Å². The lowest BCUT2D eigenvalue weighted by Crippen LogP contribution is -2.41. The minimum absolute atomic E-state index is 0.0132. The fraction of sp³-hybridized carbons (Fsp3) is 0.364. The van der Waals surface area contributed by atoms with Crippen LogP contribution in [0.25, 0.3) is 10.9 Å². The second kappa shape index (κ2) is 8.81. The zero-order valence-corrected chi connectivity index (χ0v) is 17.3. The number of nitro groups is 1. The van der Waals surface area contributed by atoms with E-state index < -0.39 is 4.92 Å². The van der Waals surface area contributed by atoms with Crippen LogP contribution < -0.4 is 5.32 Å². The number of aryl methyl sites for hydroxylation is 1. The van der Waals surface area contributed by atoms with Crippen LogP contribution in [-0.4, -0.2) is 38.6 Å². The standard InChI is InChI=1S/C22H24FN5O3/c1-15-2-3-16(10-20(15)23)12-24-22(29)17-6-8-26(9-7-17)14-27-21-11-19(28(30)31)5-4-18(21)13-25-27/h2-5,10-11,13,17H,6-9,12,14H2,1H3,(H,24,29). The molecular formula is C22H24FN5O3. The van der Waals surface area contributed by atoms with Crippen molar-refractivity contribution in [3.05, 3.63) is 69.7 Å². The highest BCUT2D eigenvalue weighted by Gasteiger charge is 2.25. The molecular weight excluding hydrogens is 401 g/mol. The Balaban J connectivity index is 1.31. The number of likely N-dealkylation sites (tertiary alicyclic amines) is 1. The van der Waals surface area contributed by atoms with Crippen molar-refractivity contribution in [2.45, 2.75) is 33.0 Å². The summed E-state index contributed by atoms with van der Waals surface area (Å²) in [5, 5.41) is 19.2. The largest absolute Gasteiger partial charge is 0.352 e. The molecule has 1 fully saturated rings. The van der Waals surface area contributed by atoms with Gasteiger partial charge in [0.15, 0.2) is 0 Å². The first kappa shape index (κ1) is 20.9. The Hall–Kier alpha value is -3.33. The summed E-state index contributed by atoms with van der Waals surface area (Å²) in [6.45, 7) is 4.00. The van der Waals surface area contributed by atoms with E-state index >= 15 is 0 Å². The summed E-state index contributed by atoms with van der Waals surface area (Å²) >= 11 is 0. The first-order valence-corrected chi connectivity index (χ1v) is 10.3. The SMILES string of the molecule is Cc1ccc(CNC(=O)C2CCN(Cn3ncc4ccc([N+](=O)[O-])cc43)CC2)cc1F. The summed E-state index contributed by atoms with van der Waals surface area (Å²) in [5.74, 6) is -0.362. The molecule has 0 unspecified atom stereocenters. The Bertz CT molecular complexity index is 1120. The zero-order valence-electron chi connectivity index (χ0n) is 17.3. The molecule has 8 nitrogen and oxygen atoms in total. The molecule has 0 atom stereocenters. The highest BCUT2D eigenvalue weighted by Crippen LogP contribution is 2.23. The molecule has 1 aliphatic rings. The van der Waals surface area contributed by atoms with Gasteiger partial charge in [0.25, 0.3) is 5.69 Å². The van der Waals surface area contributed by atoms with Crippen LogP contribution in [0, 0.1) is 28.8 Å². The van der Waals surface area contributed by atoms with Crippen molar-refractivity contribution in [1.82, 2.24) is 20.0 Å². The zero-order chi connectivity index (χ0) is 22.0. The molecule has 4 rings (SSSR count). The minimum atomic E-state index is -0.411. The summed E-state index contributed by atoms with van der Waals surface area (Å²) < 4.78 is 15.4. The lowest BCUT2D eigenvalue weighted by atomic mass is 9.96. The molecule has 1 aliphatic heterocycles. The van der Waals surface area contributed by atoms with Gasteiger partial charge in [-0.1, -0.05) is 12.1 Å². The number of fused-ring (bicyclic) bond motifs is 1. The van der Waals surface area contributed by atoms with Gasteiger partial charge in [-0.05, 0) is 43.0 Å². The molecule has 0 radical (unpaired) electrons. The summed E-state index contributed by atoms with van der Waals surface area (Å²) in [6.07, 6.45) is 3.13. The van der Waals surface area contributed by atoms with Gasteiger partial charge >= 0.3 is 0 Å². The number of benzene rings is 2. The smallest absolute Gasteiger partial charge is 0.271 e. The molecule has 0 aliphatic carbocycles. The van der Waals surface area contributed by atoms with E-state index in [0.717, 1.165) is 29.6 Å². The normalized spacial score (nSPS) is 15.3. The van der Waals surface area contributed by atoms with E-state index in [9.17, 15) is 19.3 Å². The van der Waals surface area contributed by atoms with Crippen LogP contribution in [0.5, 0.6) is 0 Å². The van der Waals surface area contributed by atoms with E-state index in [1.165, 1.54) is 18.2 Å². The molecule has 9 heteroatoms. The Morgan fingerprint density at radius 2 is 2.03 bits per heavy atom. The van der Waals surface area contributed by atoms with Crippen molar-refractivity contribution in [3.8, 4) is 0 Å². The number of nitrogens with zero attached hydrogens (tertiary/aromatic N) is 4. The Kier molecular flexibility index (Phi) is 5.94. The van der Waals surface area contributed by atoms with Gasteiger partial charge in [-0.2, -0.15) is 5.10 Å². The molecule has 31 heavy (non-hydrogen) atoms. The number of hydrogen-bond acceptors (Lipinski definition) is 5. The molecule has 1 amide bonds. The van der Waals surface area contributed by atoms with Gasteiger partial charge in [0.05, 0.1) is 23.3 Å². The van der Waals surface area contributed by atoms with Crippen LogP contribution in [-0.2, 0) is 18.0 Å². The maximum atomic E-state index is 13.7. The third-order valence-corrected chi connectivity index (χ3v) is 5.83. The lowest BCUT2D eigenvalue weighted by Gasteiger charge is -2.31. The number of amides is 1. The average Bonchev–Trinajstić information content (AvgIpc) is 3.17. The van der Waals surface area contributed by atoms with Crippen LogP contribution in [0.15, 0.2) is 42.6 Å². The Morgan fingerprint density at radius 1 is 1.26 bits per heavy atom. The van der Waals surface area contributed by atoms with E-state index in [2.05, 4.69) is 15.3 Å². The van der Waals surface area contributed by atoms with Gasteiger partial charge in [0.2, 0.25) is 5.91 Å². The van der Waals surface area contributed by atoms with Crippen molar-refractivity contribution in [3.63, 3.8) is 0 Å². The molecule has 162 valence electrons. The number of aromatic nitrogens is 2. The molecule has 0 saturated carbocycles. The quantitative estimate of drug-likeness (QED) is 0.483. The van der Waals surface area contributed by atoms with Crippen molar-refractivity contribution >= 4 is 22.5 Å². The van der Waals surface area contributed by atoms with Gasteiger partial charge < -0.3 is 5.32 Å². The molecule has 2 aromatic carbocycles. The third-order valence-electron chi connectivity index (χ3n) is 5.83. The highest BCUT2D eigenvalue weighted by atomic mass is 19.1. The van der Waals surface area contributed by atoms with Gasteiger partial charge in [-0.3, -0.25) is 24.5 Å². The third kappa shape index (κ3) is 4.72. The minimum Gasteiger partial charge on any atom is -0.352 e. The number of halogens is 1. The summed E-state index contributed by atoms with van der Waals surface area (Å²) in [6, 6.07) is 9.70. The lowest BCUT2D eigenvalue weighted by molar-refractivity contribution is -0.384. The predicted molar refractivity (Wildman–Crippen MR) is 114 cm³/mol. The van der Waals surface area contributed by atoms with Crippen LogP contribution >= 0.6 is 0 Å². The fourth-order valence-corrected chi connectivity index (χ4v) is 3.89. The monoisotopic (exact) mass is 425 g/mol. The Labute approximate surface area is 178 Å². The first-order chi connectivity index (χ1) is 14.9. The number of carbonyl (C=O) groups excluding carboxylic acids is 1. The Morgan fingerprint density at radius 3 is 2.74 bits per heavy atom. The molecule has 0 bridgehead atoms. The molecule has 1 aromatic heterocycles. The topological polar surface area (TPSA) is 93.3 Å². The van der Waals surface area contributed by atoms with E-state index in [4.69, 9.17) is 0 Å². The first-order valence-electron chi connectivity index (χ1n) is 10.3. The number of non-ortho nitro benzene ring substituents is 1. The molecule has 2 heterocycles. The van der Waals surface area contributed by atoms with Crippen LogP contribution in [0.1, 0.15) is 24.0 Å². The van der Waals surface area contributed by atoms with Crippen molar-refractivity contribution in [1.29, 1.82) is 0 Å². The number of rotatable bonds is 6. The van der Waals surface area contributed by atoms with Crippen LogP contribution in [0.3, 0.4) is 0 Å². The average molecular weight is 425 g/mol. The molecule has 1 N–H and O–H groups in total. The number of hydrogen-bond donors (Lipinski definition) is 1. The second-order valence-electron chi connectivity index (χ2n) is 7.98. The maximum absolute atomic E-state index is 13.7. The fourth-order valence-electron chi connectivity index (χ4n) is 3.89. The summed E-state index contributed by atoms with van der Waals surface area (Å²) in [7, 11) is 0. The van der Waals surface area contributed by atoms with Crippen LogP contribution in [0.4, 0.5) is 10.1 Å². The maximum Gasteiger partial charge on any atom is 0.271 e. The van der Waals surface area contributed by atoms with Crippen molar-refractivity contribution in [2.24, 2.45) is 5.92 Å². The van der Waals surface area contributed by atoms with Gasteiger partial charge in [-0.25, -0.2) is 4.39 Å². The van der Waals surface area contributed by atoms with E-state index in [1.807, 2.05) is 6.07 Å². The van der Waals surface area contributed by atoms with E-state index in [0.29, 0.717) is 31.6 Å². The second-order valence-corrected chi connectivity index (χ2v) is 7.98.